The second-order valence-electron chi connectivity index (χ2n) is 7.62. The number of esters is 1. The van der Waals surface area contributed by atoms with Crippen molar-refractivity contribution in [1.29, 1.82) is 0 Å². The number of hydrogen-bond donors (Lipinski definition) is 0. The van der Waals surface area contributed by atoms with Crippen molar-refractivity contribution >= 4 is 28.7 Å². The van der Waals surface area contributed by atoms with Crippen molar-refractivity contribution in [2.24, 2.45) is 0 Å². The van der Waals surface area contributed by atoms with Crippen molar-refractivity contribution < 1.29 is 31.9 Å². The van der Waals surface area contributed by atoms with E-state index in [1.54, 1.807) is 37.3 Å². The highest BCUT2D eigenvalue weighted by Crippen LogP contribution is 2.38. The van der Waals surface area contributed by atoms with Crippen LogP contribution in [0.5, 0.6) is 5.75 Å². The van der Waals surface area contributed by atoms with Gasteiger partial charge in [0, 0.05) is 15.9 Å². The lowest BCUT2D eigenvalue weighted by molar-refractivity contribution is -0.274. The van der Waals surface area contributed by atoms with Gasteiger partial charge >= 0.3 is 12.3 Å². The van der Waals surface area contributed by atoms with Crippen molar-refractivity contribution in [2.45, 2.75) is 50.8 Å². The van der Waals surface area contributed by atoms with E-state index < -0.39 is 12.3 Å². The van der Waals surface area contributed by atoms with Gasteiger partial charge in [0.1, 0.15) is 23.0 Å². The zero-order valence-corrected chi connectivity index (χ0v) is 19.3. The number of furan rings is 1. The quantitative estimate of drug-likeness (QED) is 0.0974. The number of fused-ring (bicyclic) bond motifs is 1. The number of aryl methyl sites for hydroxylation is 1. The molecule has 0 amide bonds. The molecule has 0 saturated heterocycles. The molecule has 33 heavy (non-hydrogen) atoms. The summed E-state index contributed by atoms with van der Waals surface area (Å²) in [4.78, 5) is 12.3. The molecule has 8 heteroatoms. The van der Waals surface area contributed by atoms with Crippen molar-refractivity contribution in [3.8, 4) is 17.1 Å². The summed E-state index contributed by atoms with van der Waals surface area (Å²) in [7, 11) is 0. The van der Waals surface area contributed by atoms with Gasteiger partial charge < -0.3 is 13.9 Å². The molecule has 0 fully saturated rings. The van der Waals surface area contributed by atoms with E-state index in [1.807, 2.05) is 6.07 Å². The first-order chi connectivity index (χ1) is 15.7. The van der Waals surface area contributed by atoms with E-state index in [9.17, 15) is 18.0 Å². The monoisotopic (exact) mass is 478 g/mol. The van der Waals surface area contributed by atoms with Gasteiger partial charge in [-0.2, -0.15) is 0 Å². The Kier molecular flexibility index (Phi) is 8.13. The van der Waals surface area contributed by atoms with Crippen molar-refractivity contribution in [1.82, 2.24) is 0 Å². The van der Waals surface area contributed by atoms with Crippen LogP contribution in [0.25, 0.3) is 22.3 Å². The fraction of sp³-hybridized carbons (Fsp3) is 0.320. The third-order valence-corrected chi connectivity index (χ3v) is 5.68. The number of rotatable bonds is 10. The van der Waals surface area contributed by atoms with Gasteiger partial charge in [-0.15, -0.1) is 13.2 Å². The lowest BCUT2D eigenvalue weighted by Gasteiger charge is -2.13. The fourth-order valence-electron chi connectivity index (χ4n) is 3.22. The highest BCUT2D eigenvalue weighted by atomic mass is 32.2. The SMILES string of the molecule is C=C(C)C(=O)OCSc1ccc2cc(-c3ccc(CCCCC)cc3OC(F)(F)F)oc2c1. The van der Waals surface area contributed by atoms with Gasteiger partial charge in [0.15, 0.2) is 0 Å². The average molecular weight is 479 g/mol. The molecule has 0 atom stereocenters. The molecule has 0 radical (unpaired) electrons. The van der Waals surface area contributed by atoms with E-state index in [0.29, 0.717) is 17.6 Å². The summed E-state index contributed by atoms with van der Waals surface area (Å²) in [5, 5.41) is 0.735. The first-order valence-corrected chi connectivity index (χ1v) is 11.5. The van der Waals surface area contributed by atoms with Gasteiger partial charge in [-0.05, 0) is 61.7 Å². The summed E-state index contributed by atoms with van der Waals surface area (Å²) in [5.41, 5.74) is 1.83. The molecule has 0 aliphatic rings. The summed E-state index contributed by atoms with van der Waals surface area (Å²) >= 11 is 1.29. The van der Waals surface area contributed by atoms with Gasteiger partial charge in [-0.25, -0.2) is 4.79 Å². The number of thioether (sulfide) groups is 1. The minimum Gasteiger partial charge on any atom is -0.456 e. The van der Waals surface area contributed by atoms with Gasteiger partial charge in [-0.3, -0.25) is 0 Å². The molecular formula is C25H25F3O4S. The second kappa shape index (κ2) is 10.8. The Morgan fingerprint density at radius 2 is 1.91 bits per heavy atom. The summed E-state index contributed by atoms with van der Waals surface area (Å²) in [6, 6.07) is 11.9. The number of hydrogen-bond acceptors (Lipinski definition) is 5. The van der Waals surface area contributed by atoms with Crippen molar-refractivity contribution in [2.75, 3.05) is 5.94 Å². The molecule has 3 rings (SSSR count). The maximum absolute atomic E-state index is 13.1. The van der Waals surface area contributed by atoms with Crippen LogP contribution in [0, 0.1) is 0 Å². The first kappa shape index (κ1) is 24.8. The normalized spacial score (nSPS) is 11.5. The minimum absolute atomic E-state index is 0.105. The van der Waals surface area contributed by atoms with E-state index >= 15 is 0 Å². The molecule has 1 heterocycles. The highest BCUT2D eigenvalue weighted by molar-refractivity contribution is 7.99. The Bertz CT molecular complexity index is 1130. The number of carbonyl (C=O) groups excluding carboxylic acids is 1. The van der Waals surface area contributed by atoms with Crippen LogP contribution in [0.3, 0.4) is 0 Å². The topological polar surface area (TPSA) is 48.7 Å². The van der Waals surface area contributed by atoms with Crippen LogP contribution in [-0.4, -0.2) is 18.3 Å². The predicted octanol–water partition coefficient (Wildman–Crippen LogP) is 7.90. The van der Waals surface area contributed by atoms with Crippen LogP contribution in [0.15, 0.2) is 63.9 Å². The Morgan fingerprint density at radius 1 is 1.12 bits per heavy atom. The van der Waals surface area contributed by atoms with Crippen LogP contribution >= 0.6 is 11.8 Å². The molecule has 1 aromatic heterocycles. The standard InChI is InChI=1S/C25H25F3O4S/c1-4-5-6-7-17-8-11-20(23(12-17)32-25(26,27)28)22-13-18-9-10-19(14-21(18)31-22)33-15-30-24(29)16(2)3/h8-14H,2,4-7,15H2,1,3H3. The Morgan fingerprint density at radius 3 is 2.61 bits per heavy atom. The van der Waals surface area contributed by atoms with Crippen LogP contribution in [0.2, 0.25) is 0 Å². The largest absolute Gasteiger partial charge is 0.573 e. The van der Waals surface area contributed by atoms with Gasteiger partial charge in [0.2, 0.25) is 0 Å². The molecule has 0 spiro atoms. The lowest BCUT2D eigenvalue weighted by Crippen LogP contribution is -2.17. The Hall–Kier alpha value is -2.87. The summed E-state index contributed by atoms with van der Waals surface area (Å²) in [5.74, 6) is -0.371. The van der Waals surface area contributed by atoms with E-state index in [2.05, 4.69) is 18.2 Å². The zero-order valence-electron chi connectivity index (χ0n) is 18.5. The second-order valence-corrected chi connectivity index (χ2v) is 8.62. The van der Waals surface area contributed by atoms with Crippen molar-refractivity contribution in [3.63, 3.8) is 0 Å². The van der Waals surface area contributed by atoms with E-state index in [4.69, 9.17) is 9.15 Å². The third kappa shape index (κ3) is 7.05. The van der Waals surface area contributed by atoms with E-state index in [0.717, 1.165) is 35.1 Å². The molecule has 2 aromatic carbocycles. The van der Waals surface area contributed by atoms with Crippen LogP contribution in [-0.2, 0) is 16.0 Å². The average Bonchev–Trinajstić information content (AvgIpc) is 3.16. The highest BCUT2D eigenvalue weighted by Gasteiger charge is 2.32. The number of carbonyl (C=O) groups is 1. The van der Waals surface area contributed by atoms with E-state index in [1.165, 1.54) is 17.8 Å². The van der Waals surface area contributed by atoms with Crippen molar-refractivity contribution in [3.05, 3.63) is 60.2 Å². The third-order valence-electron chi connectivity index (χ3n) is 4.86. The van der Waals surface area contributed by atoms with Gasteiger partial charge in [0.05, 0.1) is 5.56 Å². The summed E-state index contributed by atoms with van der Waals surface area (Å²) < 4.78 is 54.5. The molecule has 0 N–H and O–H groups in total. The molecule has 4 nitrogen and oxygen atoms in total. The number of benzene rings is 2. The molecule has 0 unspecified atom stereocenters. The summed E-state index contributed by atoms with van der Waals surface area (Å²) in [6.45, 7) is 7.17. The fourth-order valence-corrected chi connectivity index (χ4v) is 3.88. The van der Waals surface area contributed by atoms with Crippen LogP contribution in [0.1, 0.15) is 38.7 Å². The molecular weight excluding hydrogens is 453 g/mol. The molecule has 0 bridgehead atoms. The lowest BCUT2D eigenvalue weighted by atomic mass is 10.0. The molecule has 0 aliphatic carbocycles. The Labute approximate surface area is 194 Å². The number of alkyl halides is 3. The minimum atomic E-state index is -4.81. The van der Waals surface area contributed by atoms with E-state index in [-0.39, 0.29) is 23.0 Å². The maximum Gasteiger partial charge on any atom is 0.573 e. The summed E-state index contributed by atoms with van der Waals surface area (Å²) in [6.07, 6.45) is -1.20. The van der Waals surface area contributed by atoms with Gasteiger partial charge in [0.25, 0.3) is 0 Å². The zero-order chi connectivity index (χ0) is 24.0. The number of halogens is 3. The molecule has 176 valence electrons. The smallest absolute Gasteiger partial charge is 0.456 e. The molecule has 0 aliphatic heterocycles. The maximum atomic E-state index is 13.1. The molecule has 0 saturated carbocycles. The first-order valence-electron chi connectivity index (χ1n) is 10.5. The number of ether oxygens (including phenoxy) is 2. The molecule has 3 aromatic rings. The number of unbranched alkanes of at least 4 members (excludes halogenated alkanes) is 2. The van der Waals surface area contributed by atoms with Gasteiger partial charge in [-0.1, -0.05) is 44.2 Å². The Balaban J connectivity index is 1.84. The predicted molar refractivity (Wildman–Crippen MR) is 123 cm³/mol. The van der Waals surface area contributed by atoms with Crippen LogP contribution < -0.4 is 4.74 Å². The van der Waals surface area contributed by atoms with Crippen LogP contribution in [0.4, 0.5) is 13.2 Å².